The number of anilines is 1. The van der Waals surface area contributed by atoms with Crippen molar-refractivity contribution in [2.24, 2.45) is 0 Å². The van der Waals surface area contributed by atoms with Gasteiger partial charge in [0.15, 0.2) is 5.82 Å². The predicted octanol–water partition coefficient (Wildman–Crippen LogP) is 2.36. The molecule has 0 unspecified atom stereocenters. The molecule has 1 saturated heterocycles. The number of aliphatic hydroxyl groups is 1. The van der Waals surface area contributed by atoms with E-state index in [1.54, 1.807) is 13.3 Å². The van der Waals surface area contributed by atoms with Gasteiger partial charge in [0.1, 0.15) is 11.3 Å². The summed E-state index contributed by atoms with van der Waals surface area (Å²) in [6, 6.07) is 10.1. The molecule has 0 saturated carbocycles. The van der Waals surface area contributed by atoms with Gasteiger partial charge in [0, 0.05) is 18.9 Å². The molecule has 0 spiro atoms. The molecule has 3 aromatic rings. The van der Waals surface area contributed by atoms with Crippen LogP contribution in [0.5, 0.6) is 5.75 Å². The monoisotopic (exact) mass is 324 g/mol. The molecule has 0 amide bonds. The Hall–Kier alpha value is -2.60. The molecule has 1 aliphatic heterocycles. The van der Waals surface area contributed by atoms with Crippen molar-refractivity contribution in [3.05, 3.63) is 54.0 Å². The average Bonchev–Trinajstić information content (AvgIpc) is 3.16. The van der Waals surface area contributed by atoms with Crippen LogP contribution in [0.15, 0.2) is 42.7 Å². The first-order valence-corrected chi connectivity index (χ1v) is 8.05. The van der Waals surface area contributed by atoms with E-state index in [1.165, 1.54) is 0 Å². The van der Waals surface area contributed by atoms with Crippen LogP contribution in [0.4, 0.5) is 5.82 Å². The zero-order valence-corrected chi connectivity index (χ0v) is 13.8. The van der Waals surface area contributed by atoms with Gasteiger partial charge in [0.25, 0.3) is 0 Å². The lowest BCUT2D eigenvalue weighted by Gasteiger charge is -2.26. The first-order valence-electron chi connectivity index (χ1n) is 8.05. The fourth-order valence-corrected chi connectivity index (χ4v) is 3.46. The number of β-amino-alcohol motifs (C(OH)–C–C–N with tert-alkyl or cyclic N) is 1. The number of hydrogen-bond acceptors (Lipinski definition) is 5. The van der Waals surface area contributed by atoms with E-state index < -0.39 is 0 Å². The SMILES string of the molecule is COc1cccc([C@H]2C[C@@H](O)CN2c2nccn3nc(C)cc23)c1. The Kier molecular flexibility index (Phi) is 3.61. The minimum absolute atomic E-state index is 0.0593. The van der Waals surface area contributed by atoms with Gasteiger partial charge in [0.2, 0.25) is 0 Å². The van der Waals surface area contributed by atoms with E-state index in [9.17, 15) is 5.11 Å². The van der Waals surface area contributed by atoms with Crippen molar-refractivity contribution in [3.8, 4) is 5.75 Å². The van der Waals surface area contributed by atoms with Gasteiger partial charge in [-0.05, 0) is 37.1 Å². The Balaban J connectivity index is 1.79. The van der Waals surface area contributed by atoms with Gasteiger partial charge in [-0.25, -0.2) is 9.50 Å². The molecule has 1 N–H and O–H groups in total. The fraction of sp³-hybridized carbons (Fsp3) is 0.333. The maximum Gasteiger partial charge on any atom is 0.155 e. The van der Waals surface area contributed by atoms with Crippen molar-refractivity contribution >= 4 is 11.3 Å². The summed E-state index contributed by atoms with van der Waals surface area (Å²) in [5, 5.41) is 14.7. The molecule has 24 heavy (non-hydrogen) atoms. The lowest BCUT2D eigenvalue weighted by molar-refractivity contribution is 0.194. The summed E-state index contributed by atoms with van der Waals surface area (Å²) in [4.78, 5) is 6.74. The number of hydrogen-bond donors (Lipinski definition) is 1. The second-order valence-corrected chi connectivity index (χ2v) is 6.20. The van der Waals surface area contributed by atoms with Crippen LogP contribution in [-0.2, 0) is 0 Å². The topological polar surface area (TPSA) is 62.9 Å². The second-order valence-electron chi connectivity index (χ2n) is 6.20. The third-order valence-electron chi connectivity index (χ3n) is 4.52. The van der Waals surface area contributed by atoms with Crippen molar-refractivity contribution < 1.29 is 9.84 Å². The lowest BCUT2D eigenvalue weighted by atomic mass is 10.0. The minimum Gasteiger partial charge on any atom is -0.497 e. The van der Waals surface area contributed by atoms with Gasteiger partial charge in [-0.15, -0.1) is 0 Å². The lowest BCUT2D eigenvalue weighted by Crippen LogP contribution is -2.25. The molecule has 2 aromatic heterocycles. The number of fused-ring (bicyclic) bond motifs is 1. The molecule has 1 aliphatic rings. The molecule has 1 aromatic carbocycles. The van der Waals surface area contributed by atoms with E-state index >= 15 is 0 Å². The Bertz CT molecular complexity index is 876. The molecule has 1 fully saturated rings. The van der Waals surface area contributed by atoms with Gasteiger partial charge >= 0.3 is 0 Å². The number of methoxy groups -OCH3 is 1. The summed E-state index contributed by atoms with van der Waals surface area (Å²) < 4.78 is 7.18. The smallest absolute Gasteiger partial charge is 0.155 e. The third kappa shape index (κ3) is 2.49. The maximum atomic E-state index is 10.3. The first kappa shape index (κ1) is 15.0. The number of benzene rings is 1. The molecule has 3 heterocycles. The average molecular weight is 324 g/mol. The van der Waals surface area contributed by atoms with E-state index in [0.717, 1.165) is 28.3 Å². The van der Waals surface area contributed by atoms with Crippen molar-refractivity contribution in [3.63, 3.8) is 0 Å². The molecule has 0 radical (unpaired) electrons. The number of rotatable bonds is 3. The van der Waals surface area contributed by atoms with Crippen LogP contribution in [0.3, 0.4) is 0 Å². The Morgan fingerprint density at radius 1 is 1.29 bits per heavy atom. The van der Waals surface area contributed by atoms with Gasteiger partial charge in [-0.3, -0.25) is 0 Å². The number of aromatic nitrogens is 3. The second kappa shape index (κ2) is 5.79. The van der Waals surface area contributed by atoms with Gasteiger partial charge in [-0.2, -0.15) is 5.10 Å². The minimum atomic E-state index is -0.382. The molecule has 124 valence electrons. The van der Waals surface area contributed by atoms with Crippen LogP contribution >= 0.6 is 0 Å². The first-order chi connectivity index (χ1) is 11.7. The number of nitrogens with zero attached hydrogens (tertiary/aromatic N) is 4. The van der Waals surface area contributed by atoms with Gasteiger partial charge < -0.3 is 14.7 Å². The van der Waals surface area contributed by atoms with E-state index in [4.69, 9.17) is 4.74 Å². The molecular formula is C18H20N4O2. The maximum absolute atomic E-state index is 10.3. The molecule has 2 atom stereocenters. The highest BCUT2D eigenvalue weighted by Gasteiger charge is 2.34. The summed E-state index contributed by atoms with van der Waals surface area (Å²) in [6.45, 7) is 2.52. The molecule has 6 heteroatoms. The van der Waals surface area contributed by atoms with E-state index in [0.29, 0.717) is 13.0 Å². The largest absolute Gasteiger partial charge is 0.497 e. The highest BCUT2D eigenvalue weighted by molar-refractivity contribution is 5.70. The molecular weight excluding hydrogens is 304 g/mol. The number of aliphatic hydroxyl groups excluding tert-OH is 1. The molecule has 0 bridgehead atoms. The van der Waals surface area contributed by atoms with Gasteiger partial charge in [0.05, 0.1) is 24.9 Å². The van der Waals surface area contributed by atoms with E-state index in [-0.39, 0.29) is 12.1 Å². The van der Waals surface area contributed by atoms with Crippen molar-refractivity contribution in [2.45, 2.75) is 25.5 Å². The quantitative estimate of drug-likeness (QED) is 0.801. The number of aryl methyl sites for hydroxylation is 1. The summed E-state index contributed by atoms with van der Waals surface area (Å²) in [6.07, 6.45) is 3.89. The van der Waals surface area contributed by atoms with Crippen LogP contribution in [0.2, 0.25) is 0 Å². The highest BCUT2D eigenvalue weighted by Crippen LogP contribution is 2.38. The van der Waals surface area contributed by atoms with Crippen LogP contribution in [-0.4, -0.2) is 39.5 Å². The Labute approximate surface area is 140 Å². The van der Waals surface area contributed by atoms with Crippen LogP contribution in [0.1, 0.15) is 23.7 Å². The van der Waals surface area contributed by atoms with E-state index in [1.807, 2.05) is 41.9 Å². The third-order valence-corrected chi connectivity index (χ3v) is 4.52. The number of ether oxygens (including phenoxy) is 1. The summed E-state index contributed by atoms with van der Waals surface area (Å²) in [7, 11) is 1.66. The zero-order chi connectivity index (χ0) is 16.7. The predicted molar refractivity (Wildman–Crippen MR) is 91.4 cm³/mol. The van der Waals surface area contributed by atoms with Crippen LogP contribution < -0.4 is 9.64 Å². The summed E-state index contributed by atoms with van der Waals surface area (Å²) in [5.74, 6) is 1.67. The zero-order valence-electron chi connectivity index (χ0n) is 13.8. The van der Waals surface area contributed by atoms with Crippen molar-refractivity contribution in [2.75, 3.05) is 18.6 Å². The molecule has 4 rings (SSSR count). The Morgan fingerprint density at radius 2 is 2.17 bits per heavy atom. The van der Waals surface area contributed by atoms with Crippen molar-refractivity contribution in [1.29, 1.82) is 0 Å². The Morgan fingerprint density at radius 3 is 3.00 bits per heavy atom. The molecule has 6 nitrogen and oxygen atoms in total. The molecule has 0 aliphatic carbocycles. The van der Waals surface area contributed by atoms with Crippen LogP contribution in [0, 0.1) is 6.92 Å². The van der Waals surface area contributed by atoms with Crippen LogP contribution in [0.25, 0.3) is 5.52 Å². The fourth-order valence-electron chi connectivity index (χ4n) is 3.46. The van der Waals surface area contributed by atoms with Gasteiger partial charge in [-0.1, -0.05) is 12.1 Å². The summed E-state index contributed by atoms with van der Waals surface area (Å²) in [5.41, 5.74) is 3.02. The van der Waals surface area contributed by atoms with Crippen molar-refractivity contribution in [1.82, 2.24) is 14.6 Å². The summed E-state index contributed by atoms with van der Waals surface area (Å²) >= 11 is 0. The van der Waals surface area contributed by atoms with E-state index in [2.05, 4.69) is 21.0 Å². The normalized spacial score (nSPS) is 20.7. The highest BCUT2D eigenvalue weighted by atomic mass is 16.5. The standard InChI is InChI=1S/C18H20N4O2/c1-12-8-17-18(19-6-7-22(17)20-12)21-11-14(23)10-16(21)13-4-3-5-15(9-13)24-2/h3-9,14,16,23H,10-11H2,1-2H3/t14-,16-/m1/s1.